The van der Waals surface area contributed by atoms with E-state index in [1.807, 2.05) is 24.3 Å². The van der Waals surface area contributed by atoms with Crippen LogP contribution in [-0.2, 0) is 11.3 Å². The Morgan fingerprint density at radius 2 is 2.00 bits per heavy atom. The minimum Gasteiger partial charge on any atom is -0.491 e. The maximum Gasteiger partial charge on any atom is 0.337 e. The first-order chi connectivity index (χ1) is 11.6. The zero-order chi connectivity index (χ0) is 17.4. The summed E-state index contributed by atoms with van der Waals surface area (Å²) < 4.78 is 10.1. The Hall–Kier alpha value is -2.08. The van der Waals surface area contributed by atoms with Gasteiger partial charge in [-0.15, -0.1) is 0 Å². The normalized spacial score (nSPS) is 11.8. The van der Waals surface area contributed by atoms with Crippen LogP contribution in [0.25, 0.3) is 0 Å². The molecule has 2 rings (SSSR count). The molecular weight excluding hydrogens is 330 g/mol. The minimum atomic E-state index is -0.649. The lowest BCUT2D eigenvalue weighted by molar-refractivity contribution is 0.0600. The van der Waals surface area contributed by atoms with Gasteiger partial charge in [0.1, 0.15) is 18.5 Å². The van der Waals surface area contributed by atoms with Gasteiger partial charge >= 0.3 is 5.97 Å². The van der Waals surface area contributed by atoms with Crippen molar-refractivity contribution in [1.82, 2.24) is 5.32 Å². The Balaban J connectivity index is 1.71. The molecule has 0 aromatic heterocycles. The van der Waals surface area contributed by atoms with Crippen molar-refractivity contribution in [2.75, 3.05) is 20.3 Å². The molecule has 0 aliphatic rings. The number of benzene rings is 2. The highest BCUT2D eigenvalue weighted by Gasteiger charge is 2.07. The molecule has 6 heteroatoms. The summed E-state index contributed by atoms with van der Waals surface area (Å²) >= 11 is 5.92. The van der Waals surface area contributed by atoms with E-state index in [2.05, 4.69) is 10.1 Å². The Morgan fingerprint density at radius 1 is 1.25 bits per heavy atom. The maximum absolute atomic E-state index is 11.3. The molecule has 0 saturated carbocycles. The molecule has 0 spiro atoms. The van der Waals surface area contributed by atoms with E-state index in [0.29, 0.717) is 29.4 Å². The fourth-order valence-electron chi connectivity index (χ4n) is 2.09. The van der Waals surface area contributed by atoms with Gasteiger partial charge in [-0.2, -0.15) is 0 Å². The van der Waals surface area contributed by atoms with Gasteiger partial charge in [0.15, 0.2) is 0 Å². The number of carbonyl (C=O) groups excluding carboxylic acids is 1. The minimum absolute atomic E-state index is 0.153. The maximum atomic E-state index is 11.3. The highest BCUT2D eigenvalue weighted by molar-refractivity contribution is 6.30. The van der Waals surface area contributed by atoms with Crippen molar-refractivity contribution < 1.29 is 19.4 Å². The third kappa shape index (κ3) is 5.85. The standard InChI is InChI=1S/C18H20ClNO4/c1-23-18(22)14-5-7-17(8-6-14)24-12-16(21)11-20-10-13-3-2-4-15(19)9-13/h2-9,16,20-21H,10-12H2,1H3/t16-/m0/s1. The Morgan fingerprint density at radius 3 is 2.67 bits per heavy atom. The topological polar surface area (TPSA) is 67.8 Å². The number of methoxy groups -OCH3 is 1. The first kappa shape index (κ1) is 18.3. The van der Waals surface area contributed by atoms with Crippen molar-refractivity contribution >= 4 is 17.6 Å². The average Bonchev–Trinajstić information content (AvgIpc) is 2.60. The van der Waals surface area contributed by atoms with Crippen molar-refractivity contribution in [3.8, 4) is 5.75 Å². The van der Waals surface area contributed by atoms with E-state index in [1.165, 1.54) is 7.11 Å². The molecule has 0 fully saturated rings. The van der Waals surface area contributed by atoms with Crippen molar-refractivity contribution in [2.24, 2.45) is 0 Å². The van der Waals surface area contributed by atoms with Crippen LogP contribution in [0, 0.1) is 0 Å². The second-order valence-corrected chi connectivity index (χ2v) is 5.68. The lowest BCUT2D eigenvalue weighted by atomic mass is 10.2. The number of hydrogen-bond donors (Lipinski definition) is 2. The molecule has 128 valence electrons. The molecule has 2 aromatic carbocycles. The molecule has 1 atom stereocenters. The number of esters is 1. The van der Waals surface area contributed by atoms with Gasteiger partial charge in [0, 0.05) is 18.1 Å². The van der Waals surface area contributed by atoms with E-state index in [4.69, 9.17) is 16.3 Å². The second-order valence-electron chi connectivity index (χ2n) is 5.24. The number of rotatable bonds is 8. The quantitative estimate of drug-likeness (QED) is 0.717. The molecule has 0 saturated heterocycles. The first-order valence-corrected chi connectivity index (χ1v) is 7.90. The average molecular weight is 350 g/mol. The highest BCUT2D eigenvalue weighted by atomic mass is 35.5. The summed E-state index contributed by atoms with van der Waals surface area (Å²) in [6, 6.07) is 14.1. The third-order valence-electron chi connectivity index (χ3n) is 3.32. The number of ether oxygens (including phenoxy) is 2. The monoisotopic (exact) mass is 349 g/mol. The molecule has 0 amide bonds. The van der Waals surface area contributed by atoms with Gasteiger partial charge in [-0.25, -0.2) is 4.79 Å². The van der Waals surface area contributed by atoms with Gasteiger partial charge in [-0.05, 0) is 42.0 Å². The molecule has 0 aliphatic heterocycles. The summed E-state index contributed by atoms with van der Waals surface area (Å²) in [6.45, 7) is 1.17. The van der Waals surface area contributed by atoms with Crippen LogP contribution in [0.3, 0.4) is 0 Å². The van der Waals surface area contributed by atoms with Crippen molar-refractivity contribution in [3.05, 3.63) is 64.7 Å². The lowest BCUT2D eigenvalue weighted by Gasteiger charge is -2.13. The zero-order valence-corrected chi connectivity index (χ0v) is 14.1. The van der Waals surface area contributed by atoms with Crippen molar-refractivity contribution in [1.29, 1.82) is 0 Å². The number of nitrogens with one attached hydrogen (secondary N) is 1. The highest BCUT2D eigenvalue weighted by Crippen LogP contribution is 2.13. The molecule has 2 aromatic rings. The Bertz CT molecular complexity index is 660. The molecular formula is C18H20ClNO4. The van der Waals surface area contributed by atoms with E-state index in [9.17, 15) is 9.90 Å². The van der Waals surface area contributed by atoms with Crippen LogP contribution in [0.2, 0.25) is 5.02 Å². The summed E-state index contributed by atoms with van der Waals surface area (Å²) in [6.07, 6.45) is -0.649. The summed E-state index contributed by atoms with van der Waals surface area (Å²) in [7, 11) is 1.33. The summed E-state index contributed by atoms with van der Waals surface area (Å²) in [5.41, 5.74) is 1.50. The van der Waals surface area contributed by atoms with Gasteiger partial charge in [-0.1, -0.05) is 23.7 Å². The van der Waals surface area contributed by atoms with Gasteiger partial charge in [0.05, 0.1) is 12.7 Å². The van der Waals surface area contributed by atoms with E-state index >= 15 is 0 Å². The lowest BCUT2D eigenvalue weighted by Crippen LogP contribution is -2.31. The van der Waals surface area contributed by atoms with Crippen molar-refractivity contribution in [3.63, 3.8) is 0 Å². The zero-order valence-electron chi connectivity index (χ0n) is 13.4. The number of halogens is 1. The molecule has 0 unspecified atom stereocenters. The summed E-state index contributed by atoms with van der Waals surface area (Å²) in [5.74, 6) is 0.184. The summed E-state index contributed by atoms with van der Waals surface area (Å²) in [5, 5.41) is 13.8. The van der Waals surface area contributed by atoms with Gasteiger partial charge in [0.2, 0.25) is 0 Å². The van der Waals surface area contributed by atoms with E-state index in [-0.39, 0.29) is 6.61 Å². The number of carbonyl (C=O) groups is 1. The Kier molecular flexibility index (Phi) is 7.06. The van der Waals surface area contributed by atoms with Crippen molar-refractivity contribution in [2.45, 2.75) is 12.6 Å². The predicted molar refractivity (Wildman–Crippen MR) is 92.4 cm³/mol. The van der Waals surface area contributed by atoms with Crippen LogP contribution in [-0.4, -0.2) is 37.4 Å². The third-order valence-corrected chi connectivity index (χ3v) is 3.55. The van der Waals surface area contributed by atoms with Gasteiger partial charge in [-0.3, -0.25) is 0 Å². The van der Waals surface area contributed by atoms with Crippen LogP contribution in [0.4, 0.5) is 0 Å². The molecule has 0 radical (unpaired) electrons. The Labute approximate surface area is 146 Å². The fraction of sp³-hybridized carbons (Fsp3) is 0.278. The van der Waals surface area contributed by atoms with Crippen LogP contribution in [0.15, 0.2) is 48.5 Å². The largest absolute Gasteiger partial charge is 0.491 e. The van der Waals surface area contributed by atoms with Gasteiger partial charge in [0.25, 0.3) is 0 Å². The molecule has 2 N–H and O–H groups in total. The number of hydrogen-bond acceptors (Lipinski definition) is 5. The molecule has 0 heterocycles. The predicted octanol–water partition coefficient (Wildman–Crippen LogP) is 2.66. The van der Waals surface area contributed by atoms with Gasteiger partial charge < -0.3 is 19.9 Å². The van der Waals surface area contributed by atoms with E-state index in [1.54, 1.807) is 24.3 Å². The number of aliphatic hydroxyl groups is 1. The first-order valence-electron chi connectivity index (χ1n) is 7.53. The second kappa shape index (κ2) is 9.27. The number of aliphatic hydroxyl groups excluding tert-OH is 1. The molecule has 0 bridgehead atoms. The smallest absolute Gasteiger partial charge is 0.337 e. The SMILES string of the molecule is COC(=O)c1ccc(OC[C@@H](O)CNCc2cccc(Cl)c2)cc1. The van der Waals surface area contributed by atoms with Crippen LogP contribution >= 0.6 is 11.6 Å². The van der Waals surface area contributed by atoms with Crippen LogP contribution < -0.4 is 10.1 Å². The molecule has 5 nitrogen and oxygen atoms in total. The van der Waals surface area contributed by atoms with E-state index in [0.717, 1.165) is 5.56 Å². The van der Waals surface area contributed by atoms with E-state index < -0.39 is 12.1 Å². The molecule has 24 heavy (non-hydrogen) atoms. The van der Waals surface area contributed by atoms with Crippen LogP contribution in [0.1, 0.15) is 15.9 Å². The van der Waals surface area contributed by atoms with Crippen LogP contribution in [0.5, 0.6) is 5.75 Å². The molecule has 0 aliphatic carbocycles. The summed E-state index contributed by atoms with van der Waals surface area (Å²) in [4.78, 5) is 11.3. The fourth-order valence-corrected chi connectivity index (χ4v) is 2.30.